The standard InChI is InChI=1S/C19H30N4O.ClH/c20-13-16-6-5-7-17(16)19(24)22-14-15-8-9-21-18(12-15)23-10-3-1-2-4-11-23;/h8-9,12,16-17H,1-7,10-11,13-14,20H2,(H,22,24);1H/t16-,17-;/m1./s1. The highest BCUT2D eigenvalue weighted by Gasteiger charge is 2.31. The number of hydrogen-bond donors (Lipinski definition) is 2. The summed E-state index contributed by atoms with van der Waals surface area (Å²) in [7, 11) is 0. The summed E-state index contributed by atoms with van der Waals surface area (Å²) in [5, 5.41) is 3.11. The monoisotopic (exact) mass is 366 g/mol. The summed E-state index contributed by atoms with van der Waals surface area (Å²) in [6.45, 7) is 3.37. The predicted octanol–water partition coefficient (Wildman–Crippen LogP) is 2.88. The molecule has 2 atom stereocenters. The Bertz CT molecular complexity index is 546. The second kappa shape index (κ2) is 9.97. The van der Waals surface area contributed by atoms with Crippen molar-refractivity contribution >= 4 is 24.1 Å². The van der Waals surface area contributed by atoms with Gasteiger partial charge in [0.25, 0.3) is 0 Å². The summed E-state index contributed by atoms with van der Waals surface area (Å²) < 4.78 is 0. The molecule has 0 aromatic carbocycles. The SMILES string of the molecule is Cl.NC[C@H]1CCC[C@H]1C(=O)NCc1ccnc(N2CCCCCC2)c1. The number of anilines is 1. The van der Waals surface area contributed by atoms with Crippen molar-refractivity contribution in [3.63, 3.8) is 0 Å². The van der Waals surface area contributed by atoms with E-state index < -0.39 is 0 Å². The smallest absolute Gasteiger partial charge is 0.223 e. The van der Waals surface area contributed by atoms with E-state index in [1.54, 1.807) is 0 Å². The number of halogens is 1. The molecule has 1 saturated heterocycles. The van der Waals surface area contributed by atoms with Gasteiger partial charge in [0.05, 0.1) is 0 Å². The molecule has 0 bridgehead atoms. The molecule has 2 heterocycles. The molecule has 0 radical (unpaired) electrons. The molecular formula is C19H31ClN4O. The topological polar surface area (TPSA) is 71.2 Å². The van der Waals surface area contributed by atoms with Crippen LogP contribution >= 0.6 is 12.4 Å². The van der Waals surface area contributed by atoms with Gasteiger partial charge in [-0.1, -0.05) is 19.3 Å². The lowest BCUT2D eigenvalue weighted by Crippen LogP contribution is -2.34. The lowest BCUT2D eigenvalue weighted by atomic mass is 9.95. The van der Waals surface area contributed by atoms with Gasteiger partial charge >= 0.3 is 0 Å². The van der Waals surface area contributed by atoms with Crippen LogP contribution < -0.4 is 16.0 Å². The van der Waals surface area contributed by atoms with Crippen molar-refractivity contribution in [2.75, 3.05) is 24.5 Å². The van der Waals surface area contributed by atoms with Crippen LogP contribution in [0, 0.1) is 11.8 Å². The Hall–Kier alpha value is -1.33. The van der Waals surface area contributed by atoms with Crippen molar-refractivity contribution in [1.29, 1.82) is 0 Å². The molecule has 25 heavy (non-hydrogen) atoms. The Morgan fingerprint density at radius 3 is 2.68 bits per heavy atom. The molecule has 6 heteroatoms. The Balaban J connectivity index is 0.00000225. The molecule has 1 amide bonds. The van der Waals surface area contributed by atoms with Crippen molar-refractivity contribution in [1.82, 2.24) is 10.3 Å². The largest absolute Gasteiger partial charge is 0.357 e. The summed E-state index contributed by atoms with van der Waals surface area (Å²) in [6, 6.07) is 4.12. The van der Waals surface area contributed by atoms with Gasteiger partial charge in [-0.05, 0) is 55.8 Å². The van der Waals surface area contributed by atoms with Gasteiger partial charge in [-0.3, -0.25) is 4.79 Å². The minimum Gasteiger partial charge on any atom is -0.357 e. The summed E-state index contributed by atoms with van der Waals surface area (Å²) in [5.74, 6) is 1.66. The van der Waals surface area contributed by atoms with Crippen molar-refractivity contribution in [2.24, 2.45) is 17.6 Å². The highest BCUT2D eigenvalue weighted by atomic mass is 35.5. The molecule has 1 aromatic heterocycles. The van der Waals surface area contributed by atoms with Crippen LogP contribution in [0.4, 0.5) is 5.82 Å². The van der Waals surface area contributed by atoms with E-state index in [9.17, 15) is 4.79 Å². The van der Waals surface area contributed by atoms with Crippen molar-refractivity contribution in [3.8, 4) is 0 Å². The maximum Gasteiger partial charge on any atom is 0.223 e. The first-order valence-electron chi connectivity index (χ1n) is 9.45. The quantitative estimate of drug-likeness (QED) is 0.840. The van der Waals surface area contributed by atoms with Crippen LogP contribution in [0.5, 0.6) is 0 Å². The number of nitrogens with zero attached hydrogens (tertiary/aromatic N) is 2. The normalized spacial score (nSPS) is 23.6. The minimum absolute atomic E-state index is 0. The second-order valence-corrected chi connectivity index (χ2v) is 7.17. The van der Waals surface area contributed by atoms with E-state index >= 15 is 0 Å². The van der Waals surface area contributed by atoms with Gasteiger partial charge in [-0.25, -0.2) is 4.98 Å². The van der Waals surface area contributed by atoms with E-state index in [1.165, 1.54) is 25.7 Å². The van der Waals surface area contributed by atoms with Gasteiger partial charge in [0.2, 0.25) is 5.91 Å². The highest BCUT2D eigenvalue weighted by molar-refractivity contribution is 5.85. The third-order valence-corrected chi connectivity index (χ3v) is 5.51. The number of pyridine rings is 1. The van der Waals surface area contributed by atoms with Gasteiger partial charge in [-0.2, -0.15) is 0 Å². The Morgan fingerprint density at radius 1 is 1.20 bits per heavy atom. The molecular weight excluding hydrogens is 336 g/mol. The van der Waals surface area contributed by atoms with Crippen molar-refractivity contribution < 1.29 is 4.79 Å². The fourth-order valence-corrected chi connectivity index (χ4v) is 4.03. The fourth-order valence-electron chi connectivity index (χ4n) is 4.03. The van der Waals surface area contributed by atoms with Gasteiger partial charge < -0.3 is 16.0 Å². The van der Waals surface area contributed by atoms with E-state index in [0.717, 1.165) is 43.7 Å². The molecule has 1 saturated carbocycles. The number of carbonyl (C=O) groups is 1. The number of amides is 1. The van der Waals surface area contributed by atoms with Gasteiger partial charge in [0.1, 0.15) is 5.82 Å². The molecule has 1 aliphatic heterocycles. The molecule has 1 aliphatic carbocycles. The summed E-state index contributed by atoms with van der Waals surface area (Å²) >= 11 is 0. The highest BCUT2D eigenvalue weighted by Crippen LogP contribution is 2.31. The number of nitrogens with two attached hydrogens (primary N) is 1. The number of rotatable bonds is 5. The van der Waals surface area contributed by atoms with Crippen LogP contribution in [-0.4, -0.2) is 30.5 Å². The predicted molar refractivity (Wildman–Crippen MR) is 104 cm³/mol. The first kappa shape index (κ1) is 20.0. The van der Waals surface area contributed by atoms with Gasteiger partial charge in [0, 0.05) is 31.7 Å². The number of aromatic nitrogens is 1. The molecule has 2 aliphatic rings. The summed E-state index contributed by atoms with van der Waals surface area (Å²) in [4.78, 5) is 19.3. The summed E-state index contributed by atoms with van der Waals surface area (Å²) in [5.41, 5.74) is 6.92. The van der Waals surface area contributed by atoms with Gasteiger partial charge in [-0.15, -0.1) is 12.4 Å². The van der Waals surface area contributed by atoms with E-state index in [0.29, 0.717) is 19.0 Å². The van der Waals surface area contributed by atoms with Crippen LogP contribution in [0.25, 0.3) is 0 Å². The molecule has 0 unspecified atom stereocenters. The molecule has 2 fully saturated rings. The lowest BCUT2D eigenvalue weighted by Gasteiger charge is -2.22. The maximum atomic E-state index is 12.4. The molecule has 140 valence electrons. The zero-order valence-corrected chi connectivity index (χ0v) is 15.8. The number of carbonyl (C=O) groups excluding carboxylic acids is 1. The first-order valence-corrected chi connectivity index (χ1v) is 9.45. The average molecular weight is 367 g/mol. The molecule has 3 rings (SSSR count). The summed E-state index contributed by atoms with van der Waals surface area (Å²) in [6.07, 6.45) is 10.2. The minimum atomic E-state index is 0. The molecule has 3 N–H and O–H groups in total. The van der Waals surface area contributed by atoms with E-state index in [2.05, 4.69) is 21.3 Å². The third-order valence-electron chi connectivity index (χ3n) is 5.51. The Labute approximate surface area is 157 Å². The van der Waals surface area contributed by atoms with Gasteiger partial charge in [0.15, 0.2) is 0 Å². The Kier molecular flexibility index (Phi) is 7.97. The number of nitrogens with one attached hydrogen (secondary N) is 1. The average Bonchev–Trinajstić information content (AvgIpc) is 2.93. The van der Waals surface area contributed by atoms with Crippen molar-refractivity contribution in [3.05, 3.63) is 23.9 Å². The van der Waals surface area contributed by atoms with E-state index in [1.807, 2.05) is 12.3 Å². The Morgan fingerprint density at radius 2 is 1.96 bits per heavy atom. The first-order chi connectivity index (χ1) is 11.8. The zero-order valence-electron chi connectivity index (χ0n) is 15.0. The number of hydrogen-bond acceptors (Lipinski definition) is 4. The molecule has 5 nitrogen and oxygen atoms in total. The molecule has 1 aromatic rings. The van der Waals surface area contributed by atoms with Crippen LogP contribution in [0.3, 0.4) is 0 Å². The second-order valence-electron chi connectivity index (χ2n) is 7.17. The van der Waals surface area contributed by atoms with Crippen LogP contribution in [0.15, 0.2) is 18.3 Å². The molecule has 0 spiro atoms. The maximum absolute atomic E-state index is 12.4. The van der Waals surface area contributed by atoms with E-state index in [4.69, 9.17) is 5.73 Å². The van der Waals surface area contributed by atoms with Crippen molar-refractivity contribution in [2.45, 2.75) is 51.5 Å². The van der Waals surface area contributed by atoms with E-state index in [-0.39, 0.29) is 24.2 Å². The zero-order chi connectivity index (χ0) is 16.8. The van der Waals surface area contributed by atoms with Crippen LogP contribution in [0.2, 0.25) is 0 Å². The van der Waals surface area contributed by atoms with Crippen LogP contribution in [0.1, 0.15) is 50.5 Å². The third kappa shape index (κ3) is 5.32. The lowest BCUT2D eigenvalue weighted by molar-refractivity contribution is -0.126. The fraction of sp³-hybridized carbons (Fsp3) is 0.684. The van der Waals surface area contributed by atoms with Crippen LogP contribution in [-0.2, 0) is 11.3 Å².